The van der Waals surface area contributed by atoms with Gasteiger partial charge in [-0.05, 0) is 0 Å². The molecule has 0 atom stereocenters. The van der Waals surface area contributed by atoms with Crippen LogP contribution < -0.4 is 0 Å². The molecule has 0 unspecified atom stereocenters. The van der Waals surface area contributed by atoms with Crippen molar-refractivity contribution >= 4 is 57.2 Å². The summed E-state index contributed by atoms with van der Waals surface area (Å²) >= 11 is -0.692. The Balaban J connectivity index is -0.0000000510. The first-order valence-electron chi connectivity index (χ1n) is 4.17. The molecule has 21 heavy (non-hydrogen) atoms. The maximum absolute atomic E-state index is 10.4. The smallest absolute Gasteiger partial charge is 0.402 e. The first-order valence-corrected chi connectivity index (χ1v) is 5.17. The standard InChI is InChI=1S/CF3.4BH3O3.Na/c5*2-1(3)4;/h;4*2-4H;. The van der Waals surface area contributed by atoms with Gasteiger partial charge in [0.05, 0.1) is 0 Å². The molecule has 0 saturated heterocycles. The van der Waals surface area contributed by atoms with E-state index in [4.69, 9.17) is 60.3 Å². The zero-order chi connectivity index (χ0) is 18.8. The van der Waals surface area contributed by atoms with E-state index in [1.807, 2.05) is 0 Å². The van der Waals surface area contributed by atoms with Crippen molar-refractivity contribution in [3.8, 4) is 0 Å². The largest absolute Gasteiger partial charge is 0.631 e. The van der Waals surface area contributed by atoms with Crippen LogP contribution in [0, 0.1) is 0 Å². The van der Waals surface area contributed by atoms with Gasteiger partial charge in [-0.2, -0.15) is 0 Å². The molecule has 0 spiro atoms. The van der Waals surface area contributed by atoms with Gasteiger partial charge < -0.3 is 60.3 Å². The van der Waals surface area contributed by atoms with E-state index < -0.39 is 60.6 Å². The van der Waals surface area contributed by atoms with Crippen molar-refractivity contribution in [2.45, 2.75) is 3.43 Å². The van der Waals surface area contributed by atoms with Crippen LogP contribution in [0.25, 0.3) is 0 Å². The van der Waals surface area contributed by atoms with Gasteiger partial charge in [-0.15, -0.1) is 0 Å². The van der Waals surface area contributed by atoms with Crippen LogP contribution in [-0.4, -0.2) is 121 Å². The van der Waals surface area contributed by atoms with Crippen LogP contribution in [0.1, 0.15) is 0 Å². The molecule has 0 bridgehead atoms. The van der Waals surface area contributed by atoms with Crippen molar-refractivity contribution in [3.05, 3.63) is 0 Å². The summed E-state index contributed by atoms with van der Waals surface area (Å²) in [4.78, 5) is 0. The van der Waals surface area contributed by atoms with E-state index in [0.717, 1.165) is 0 Å². The molecule has 0 aliphatic carbocycles. The minimum absolute atomic E-state index is 0.692. The Kier molecular flexibility index (Phi) is 36.2. The molecule has 0 aromatic rings. The molecule has 0 fully saturated rings. The van der Waals surface area contributed by atoms with E-state index in [9.17, 15) is 13.2 Å². The second-order valence-corrected chi connectivity index (χ2v) is 3.30. The first-order chi connectivity index (χ1) is 8.93. The molecule has 0 aromatic heterocycles. The zero-order valence-corrected chi connectivity index (χ0v) is 12.3. The second-order valence-electron chi connectivity index (χ2n) is 2.17. The van der Waals surface area contributed by atoms with Gasteiger partial charge in [0.15, 0.2) is 0 Å². The van der Waals surface area contributed by atoms with E-state index >= 15 is 0 Å². The van der Waals surface area contributed by atoms with Gasteiger partial charge in [-0.25, -0.2) is 0 Å². The summed E-state index contributed by atoms with van der Waals surface area (Å²) in [5, 5.41) is 86.0. The van der Waals surface area contributed by atoms with Crippen molar-refractivity contribution in [2.75, 3.05) is 0 Å². The van der Waals surface area contributed by atoms with Crippen molar-refractivity contribution in [3.63, 3.8) is 0 Å². The fraction of sp³-hybridized carbons (Fsp3) is 1.00. The fourth-order valence-electron chi connectivity index (χ4n) is 0. The van der Waals surface area contributed by atoms with E-state index in [1.54, 1.807) is 0 Å². The molecule has 12 N–H and O–H groups in total. The Bertz CT molecular complexity index is 128. The molecule has 0 heterocycles. The molecule has 20 heteroatoms. The zero-order valence-electron chi connectivity index (χ0n) is 10.3. The van der Waals surface area contributed by atoms with Gasteiger partial charge in [0, 0.05) is 0 Å². The maximum Gasteiger partial charge on any atom is 0.631 e. The second kappa shape index (κ2) is 22.8. The minimum Gasteiger partial charge on any atom is -0.402 e. The van der Waals surface area contributed by atoms with E-state index in [-0.39, 0.29) is 0 Å². The van der Waals surface area contributed by atoms with Crippen LogP contribution in [0.3, 0.4) is 0 Å². The molecule has 0 aliphatic rings. The van der Waals surface area contributed by atoms with Gasteiger partial charge in [-0.1, -0.05) is 0 Å². The third-order valence-corrected chi connectivity index (χ3v) is 0. The topological polar surface area (TPSA) is 243 Å². The molecule has 12 nitrogen and oxygen atoms in total. The maximum atomic E-state index is 10.4. The average Bonchev–Trinajstić information content (AvgIpc) is 1.91. The van der Waals surface area contributed by atoms with Crippen LogP contribution in [0.5, 0.6) is 0 Å². The van der Waals surface area contributed by atoms with Gasteiger partial charge in [-0.3, -0.25) is 0 Å². The number of hydrogen-bond donors (Lipinski definition) is 12. The molecular formula is CH12B4F3NaO12. The van der Waals surface area contributed by atoms with Crippen LogP contribution in [0.15, 0.2) is 0 Å². The first kappa shape index (κ1) is 33.2. The number of halogens is 3. The predicted octanol–water partition coefficient (Wildman–Crippen LogP) is -7.53. The number of hydrogen-bond acceptors (Lipinski definition) is 12. The van der Waals surface area contributed by atoms with Crippen LogP contribution in [0.4, 0.5) is 13.2 Å². The van der Waals surface area contributed by atoms with Crippen molar-refractivity contribution in [1.29, 1.82) is 0 Å². The molecule has 0 aliphatic heterocycles. The third kappa shape index (κ3) is 21900. The van der Waals surface area contributed by atoms with Crippen LogP contribution >= 0.6 is 0 Å². The minimum atomic E-state index is -3.86. The predicted molar refractivity (Wildman–Crippen MR) is 61.5 cm³/mol. The Hall–Kier alpha value is 0.570. The molecule has 0 rings (SSSR count). The van der Waals surface area contributed by atoms with Crippen LogP contribution in [0.2, 0.25) is 0 Å². The quantitative estimate of drug-likeness (QED) is 0.184. The van der Waals surface area contributed by atoms with E-state index in [2.05, 4.69) is 0 Å². The third-order valence-electron chi connectivity index (χ3n) is 0. The van der Waals surface area contributed by atoms with Crippen molar-refractivity contribution < 1.29 is 73.5 Å². The fourth-order valence-corrected chi connectivity index (χ4v) is 0. The van der Waals surface area contributed by atoms with Crippen LogP contribution in [-0.2, 0) is 0 Å². The van der Waals surface area contributed by atoms with Gasteiger partial charge in [0.25, 0.3) is 0 Å². The van der Waals surface area contributed by atoms with Gasteiger partial charge >= 0.3 is 73.8 Å². The summed E-state index contributed by atoms with van der Waals surface area (Å²) in [7, 11) is -8.67. The summed E-state index contributed by atoms with van der Waals surface area (Å²) in [5.41, 5.74) is 0. The Morgan fingerprint density at radius 1 is 0.476 bits per heavy atom. The Labute approximate surface area is 134 Å². The average molecular weight is 339 g/mol. The van der Waals surface area contributed by atoms with Crippen molar-refractivity contribution in [1.82, 2.24) is 0 Å². The van der Waals surface area contributed by atoms with Gasteiger partial charge in [0.2, 0.25) is 0 Å². The molecule has 0 saturated carbocycles. The molecule has 0 radical (unpaired) electrons. The molecule has 0 amide bonds. The molecule has 0 aromatic carbocycles. The van der Waals surface area contributed by atoms with Gasteiger partial charge in [0.1, 0.15) is 0 Å². The number of alkyl halides is 3. The summed E-state index contributed by atoms with van der Waals surface area (Å²) in [6.45, 7) is 0. The summed E-state index contributed by atoms with van der Waals surface area (Å²) in [6, 6.07) is 0. The molecular weight excluding hydrogens is 327 g/mol. The monoisotopic (exact) mass is 340 g/mol. The van der Waals surface area contributed by atoms with E-state index in [1.165, 1.54) is 0 Å². The molecule has 122 valence electrons. The summed E-state index contributed by atoms with van der Waals surface area (Å²) < 4.78 is 27.4. The summed E-state index contributed by atoms with van der Waals surface area (Å²) in [5.74, 6) is 0. The Morgan fingerprint density at radius 2 is 0.476 bits per heavy atom. The van der Waals surface area contributed by atoms with Crippen molar-refractivity contribution in [2.24, 2.45) is 0 Å². The Morgan fingerprint density at radius 3 is 0.476 bits per heavy atom. The summed E-state index contributed by atoms with van der Waals surface area (Å²) in [6.07, 6.45) is 0. The normalized spacial score (nSPS) is 8.05. The SMILES string of the molecule is F[C](F)(F)[Na].OB(O)O.OB(O)O.OB(O)O.OB(O)O. The number of rotatable bonds is 0. The van der Waals surface area contributed by atoms with E-state index in [0.29, 0.717) is 0 Å².